The molecule has 2 rings (SSSR count). The van der Waals surface area contributed by atoms with Gasteiger partial charge in [-0.25, -0.2) is 9.89 Å². The van der Waals surface area contributed by atoms with Crippen LogP contribution < -0.4 is 16.6 Å². The summed E-state index contributed by atoms with van der Waals surface area (Å²) < 4.78 is 0. The molecule has 6 nitrogen and oxygen atoms in total. The fourth-order valence-corrected chi connectivity index (χ4v) is 1.57. The molecule has 3 N–H and O–H groups in total. The molecular weight excluding hydrogens is 196 g/mol. The summed E-state index contributed by atoms with van der Waals surface area (Å²) in [5.41, 5.74) is -0.711. The summed E-state index contributed by atoms with van der Waals surface area (Å²) in [6, 6.07) is 0. The van der Waals surface area contributed by atoms with Gasteiger partial charge in [0.05, 0.1) is 0 Å². The van der Waals surface area contributed by atoms with E-state index in [9.17, 15) is 9.59 Å². The third-order valence-corrected chi connectivity index (χ3v) is 3.05. The highest BCUT2D eigenvalue weighted by molar-refractivity contribution is 5.29. The fraction of sp³-hybridized carbons (Fsp3) is 0.667. The summed E-state index contributed by atoms with van der Waals surface area (Å²) in [4.78, 5) is 24.1. The van der Waals surface area contributed by atoms with E-state index in [1.807, 2.05) is 0 Å². The molecule has 1 aromatic heterocycles. The number of hydrogen-bond acceptors (Lipinski definition) is 4. The van der Waals surface area contributed by atoms with E-state index in [0.717, 1.165) is 13.0 Å². The Bertz CT molecular complexity index is 458. The molecule has 6 heteroatoms. The zero-order valence-corrected chi connectivity index (χ0v) is 8.59. The standard InChI is InChI=1S/C9H14N4O2/c1-2-9(3-4-9)5-10-6-7(14)11-8(15)13-12-6/h2-5H2,1H3,(H,10,12)(H2,11,13,14,15). The fourth-order valence-electron chi connectivity index (χ4n) is 1.57. The van der Waals surface area contributed by atoms with Gasteiger partial charge in [0.2, 0.25) is 5.82 Å². The lowest BCUT2D eigenvalue weighted by Crippen LogP contribution is -2.28. The molecule has 1 aromatic rings. The molecule has 0 atom stereocenters. The average molecular weight is 210 g/mol. The molecule has 0 amide bonds. The second kappa shape index (κ2) is 3.52. The van der Waals surface area contributed by atoms with Crippen molar-refractivity contribution in [3.63, 3.8) is 0 Å². The van der Waals surface area contributed by atoms with Gasteiger partial charge in [-0.15, -0.1) is 5.10 Å². The summed E-state index contributed by atoms with van der Waals surface area (Å²) in [5.74, 6) is 0.189. The SMILES string of the molecule is CCC1(CNc2n[nH]c(=O)[nH]c2=O)CC1. The Morgan fingerprint density at radius 2 is 2.20 bits per heavy atom. The van der Waals surface area contributed by atoms with Crippen LogP contribution in [0, 0.1) is 5.41 Å². The van der Waals surface area contributed by atoms with Gasteiger partial charge in [0.25, 0.3) is 5.56 Å². The second-order valence-electron chi connectivity index (χ2n) is 4.06. The molecule has 15 heavy (non-hydrogen) atoms. The average Bonchev–Trinajstić information content (AvgIpc) is 2.97. The quantitative estimate of drug-likeness (QED) is 0.655. The van der Waals surface area contributed by atoms with Crippen molar-refractivity contribution in [3.8, 4) is 0 Å². The summed E-state index contributed by atoms with van der Waals surface area (Å²) in [6.45, 7) is 2.88. The predicted octanol–water partition coefficient (Wildman–Crippen LogP) is 0.0603. The highest BCUT2D eigenvalue weighted by Crippen LogP contribution is 2.48. The summed E-state index contributed by atoms with van der Waals surface area (Å²) >= 11 is 0. The summed E-state index contributed by atoms with van der Waals surface area (Å²) in [6.07, 6.45) is 3.48. The van der Waals surface area contributed by atoms with Gasteiger partial charge in [-0.1, -0.05) is 6.92 Å². The maximum atomic E-state index is 11.3. The number of H-pyrrole nitrogens is 2. The normalized spacial score (nSPS) is 17.4. The molecule has 0 bridgehead atoms. The monoisotopic (exact) mass is 210 g/mol. The Morgan fingerprint density at radius 3 is 2.73 bits per heavy atom. The third kappa shape index (κ3) is 2.08. The molecule has 1 aliphatic carbocycles. The molecule has 82 valence electrons. The van der Waals surface area contributed by atoms with Crippen LogP contribution >= 0.6 is 0 Å². The van der Waals surface area contributed by atoms with Gasteiger partial charge < -0.3 is 5.32 Å². The second-order valence-corrected chi connectivity index (χ2v) is 4.06. The Balaban J connectivity index is 2.05. The lowest BCUT2D eigenvalue weighted by molar-refractivity contribution is 0.520. The van der Waals surface area contributed by atoms with Gasteiger partial charge in [-0.2, -0.15) is 0 Å². The first kappa shape index (κ1) is 9.95. The van der Waals surface area contributed by atoms with Crippen molar-refractivity contribution in [2.45, 2.75) is 26.2 Å². The number of nitrogens with zero attached hydrogens (tertiary/aromatic N) is 1. The van der Waals surface area contributed by atoms with Gasteiger partial charge in [0.15, 0.2) is 0 Å². The Kier molecular flexibility index (Phi) is 2.34. The molecule has 0 saturated heterocycles. The number of aromatic amines is 2. The van der Waals surface area contributed by atoms with E-state index in [1.54, 1.807) is 0 Å². The number of rotatable bonds is 4. The van der Waals surface area contributed by atoms with E-state index in [0.29, 0.717) is 5.41 Å². The van der Waals surface area contributed by atoms with Crippen molar-refractivity contribution in [2.75, 3.05) is 11.9 Å². The van der Waals surface area contributed by atoms with Crippen LogP contribution in [0.4, 0.5) is 5.82 Å². The highest BCUT2D eigenvalue weighted by atomic mass is 16.2. The number of hydrogen-bond donors (Lipinski definition) is 3. The van der Waals surface area contributed by atoms with Crippen LogP contribution in [0.15, 0.2) is 9.59 Å². The lowest BCUT2D eigenvalue weighted by Gasteiger charge is -2.12. The van der Waals surface area contributed by atoms with Crippen molar-refractivity contribution in [1.82, 2.24) is 15.2 Å². The molecule has 1 saturated carbocycles. The number of aromatic nitrogens is 3. The van der Waals surface area contributed by atoms with Gasteiger partial charge in [0, 0.05) is 6.54 Å². The molecule has 1 heterocycles. The highest BCUT2D eigenvalue weighted by Gasteiger charge is 2.40. The minimum Gasteiger partial charge on any atom is -0.363 e. The van der Waals surface area contributed by atoms with Crippen molar-refractivity contribution < 1.29 is 0 Å². The number of anilines is 1. The van der Waals surface area contributed by atoms with Gasteiger partial charge in [0.1, 0.15) is 0 Å². The van der Waals surface area contributed by atoms with Crippen LogP contribution in [0.25, 0.3) is 0 Å². The Labute approximate surface area is 86.1 Å². The first-order valence-corrected chi connectivity index (χ1v) is 5.08. The van der Waals surface area contributed by atoms with Crippen LogP contribution in [0.2, 0.25) is 0 Å². The Morgan fingerprint density at radius 1 is 1.47 bits per heavy atom. The molecular formula is C9H14N4O2. The largest absolute Gasteiger partial charge is 0.363 e. The smallest absolute Gasteiger partial charge is 0.342 e. The van der Waals surface area contributed by atoms with E-state index in [-0.39, 0.29) is 5.82 Å². The minimum absolute atomic E-state index is 0.189. The molecule has 0 aliphatic heterocycles. The van der Waals surface area contributed by atoms with Crippen LogP contribution in [-0.4, -0.2) is 21.7 Å². The van der Waals surface area contributed by atoms with Crippen molar-refractivity contribution in [3.05, 3.63) is 20.8 Å². The maximum Gasteiger partial charge on any atom is 0.342 e. The van der Waals surface area contributed by atoms with E-state index < -0.39 is 11.2 Å². The summed E-state index contributed by atoms with van der Waals surface area (Å²) in [7, 11) is 0. The van der Waals surface area contributed by atoms with Crippen molar-refractivity contribution in [1.29, 1.82) is 0 Å². The third-order valence-electron chi connectivity index (χ3n) is 3.05. The van der Waals surface area contributed by atoms with Crippen LogP contribution in [0.1, 0.15) is 26.2 Å². The van der Waals surface area contributed by atoms with E-state index in [4.69, 9.17) is 0 Å². The molecule has 0 spiro atoms. The van der Waals surface area contributed by atoms with Crippen LogP contribution in [-0.2, 0) is 0 Å². The molecule has 1 aliphatic rings. The van der Waals surface area contributed by atoms with Gasteiger partial charge >= 0.3 is 5.69 Å². The van der Waals surface area contributed by atoms with Gasteiger partial charge in [-0.3, -0.25) is 9.78 Å². The zero-order valence-electron chi connectivity index (χ0n) is 8.59. The van der Waals surface area contributed by atoms with Crippen LogP contribution in [0.3, 0.4) is 0 Å². The van der Waals surface area contributed by atoms with E-state index >= 15 is 0 Å². The first-order chi connectivity index (χ1) is 7.15. The molecule has 0 unspecified atom stereocenters. The minimum atomic E-state index is -0.581. The zero-order chi connectivity index (χ0) is 10.9. The van der Waals surface area contributed by atoms with E-state index in [1.165, 1.54) is 12.8 Å². The first-order valence-electron chi connectivity index (χ1n) is 5.08. The lowest BCUT2D eigenvalue weighted by atomic mass is 10.0. The number of nitrogens with one attached hydrogen (secondary N) is 3. The van der Waals surface area contributed by atoms with Crippen molar-refractivity contribution >= 4 is 5.82 Å². The molecule has 0 aromatic carbocycles. The van der Waals surface area contributed by atoms with Gasteiger partial charge in [-0.05, 0) is 24.7 Å². The van der Waals surface area contributed by atoms with E-state index in [2.05, 4.69) is 27.4 Å². The molecule has 0 radical (unpaired) electrons. The van der Waals surface area contributed by atoms with Crippen LogP contribution in [0.5, 0.6) is 0 Å². The topological polar surface area (TPSA) is 90.6 Å². The van der Waals surface area contributed by atoms with Crippen molar-refractivity contribution in [2.24, 2.45) is 5.41 Å². The Hall–Kier alpha value is -1.59. The predicted molar refractivity (Wildman–Crippen MR) is 55.9 cm³/mol. The molecule has 1 fully saturated rings. The summed E-state index contributed by atoms with van der Waals surface area (Å²) in [5, 5.41) is 8.81. The maximum absolute atomic E-state index is 11.3.